The maximum Gasteiger partial charge on any atom is 0.00907 e. The van der Waals surface area contributed by atoms with Gasteiger partial charge in [0.1, 0.15) is 0 Å². The molecule has 2 unspecified atom stereocenters. The van der Waals surface area contributed by atoms with Gasteiger partial charge in [0, 0.05) is 25.2 Å². The summed E-state index contributed by atoms with van der Waals surface area (Å²) in [5.74, 6) is 0. The molecule has 4 rings (SSSR count). The first-order chi connectivity index (χ1) is 4.86. The molecule has 2 N–H and O–H groups in total. The van der Waals surface area contributed by atoms with Crippen LogP contribution < -0.4 is 10.6 Å². The van der Waals surface area contributed by atoms with Crippen LogP contribution in [0.4, 0.5) is 0 Å². The Morgan fingerprint density at radius 2 is 1.70 bits per heavy atom. The molecule has 2 heteroatoms. The molecule has 3 saturated heterocycles. The van der Waals surface area contributed by atoms with Crippen molar-refractivity contribution in [3.05, 3.63) is 0 Å². The fourth-order valence-corrected chi connectivity index (χ4v) is 2.83. The van der Waals surface area contributed by atoms with E-state index in [9.17, 15) is 0 Å². The summed E-state index contributed by atoms with van der Waals surface area (Å²) in [5.41, 5.74) is 0.749. The molecular weight excluding hydrogens is 124 g/mol. The third-order valence-corrected chi connectivity index (χ3v) is 3.40. The van der Waals surface area contributed by atoms with E-state index in [0.29, 0.717) is 0 Å². The van der Waals surface area contributed by atoms with Gasteiger partial charge in [-0.05, 0) is 24.7 Å². The van der Waals surface area contributed by atoms with Crippen molar-refractivity contribution in [2.75, 3.05) is 13.1 Å². The summed E-state index contributed by atoms with van der Waals surface area (Å²) in [4.78, 5) is 0. The molecule has 0 aromatic rings. The van der Waals surface area contributed by atoms with Gasteiger partial charge in [-0.25, -0.2) is 0 Å². The monoisotopic (exact) mass is 138 g/mol. The molecule has 2 bridgehead atoms. The van der Waals surface area contributed by atoms with Crippen LogP contribution in [0.15, 0.2) is 0 Å². The molecule has 0 radical (unpaired) electrons. The summed E-state index contributed by atoms with van der Waals surface area (Å²) in [6.07, 6.45) is 4.34. The van der Waals surface area contributed by atoms with Crippen molar-refractivity contribution < 1.29 is 0 Å². The van der Waals surface area contributed by atoms with Crippen molar-refractivity contribution in [2.24, 2.45) is 5.41 Å². The van der Waals surface area contributed by atoms with Gasteiger partial charge < -0.3 is 10.6 Å². The van der Waals surface area contributed by atoms with E-state index in [2.05, 4.69) is 10.6 Å². The molecule has 0 aromatic carbocycles. The second-order valence-corrected chi connectivity index (χ2v) is 4.31. The molecule has 56 valence electrons. The molecule has 0 amide bonds. The van der Waals surface area contributed by atoms with Crippen molar-refractivity contribution in [1.82, 2.24) is 10.6 Å². The van der Waals surface area contributed by atoms with E-state index < -0.39 is 0 Å². The number of hydrogen-bond acceptors (Lipinski definition) is 2. The topological polar surface area (TPSA) is 24.1 Å². The Balaban J connectivity index is 1.78. The molecule has 3 heterocycles. The van der Waals surface area contributed by atoms with Gasteiger partial charge in [-0.15, -0.1) is 0 Å². The largest absolute Gasteiger partial charge is 0.316 e. The predicted molar refractivity (Wildman–Crippen MR) is 39.9 cm³/mol. The molecule has 3 aliphatic heterocycles. The van der Waals surface area contributed by atoms with E-state index in [1.807, 2.05) is 0 Å². The molecule has 0 aromatic heterocycles. The standard InChI is InChI=1S/C8H14N2/c1-6-2-8(4-9-5-8)3-7(1)10-6/h6-7,9-10H,1-5H2. The van der Waals surface area contributed by atoms with E-state index in [0.717, 1.165) is 17.5 Å². The summed E-state index contributed by atoms with van der Waals surface area (Å²) in [6.45, 7) is 2.59. The van der Waals surface area contributed by atoms with E-state index in [1.165, 1.54) is 32.4 Å². The van der Waals surface area contributed by atoms with Gasteiger partial charge in [0.2, 0.25) is 0 Å². The van der Waals surface area contributed by atoms with Gasteiger partial charge in [0.15, 0.2) is 0 Å². The minimum Gasteiger partial charge on any atom is -0.316 e. The number of rotatable bonds is 0. The zero-order valence-corrected chi connectivity index (χ0v) is 6.19. The van der Waals surface area contributed by atoms with Crippen LogP contribution in [0.1, 0.15) is 19.3 Å². The fourth-order valence-electron chi connectivity index (χ4n) is 2.83. The Morgan fingerprint density at radius 3 is 2.00 bits per heavy atom. The fraction of sp³-hybridized carbons (Fsp3) is 1.00. The lowest BCUT2D eigenvalue weighted by atomic mass is 9.62. The van der Waals surface area contributed by atoms with Crippen molar-refractivity contribution in [1.29, 1.82) is 0 Å². The van der Waals surface area contributed by atoms with Gasteiger partial charge in [0.05, 0.1) is 0 Å². The summed E-state index contributed by atoms with van der Waals surface area (Å²) in [7, 11) is 0. The SMILES string of the molecule is C1C2CC3(CNC3)CC1N2. The average Bonchev–Trinajstić information content (AvgIpc) is 1.84. The quantitative estimate of drug-likeness (QED) is 0.496. The Morgan fingerprint density at radius 1 is 1.10 bits per heavy atom. The van der Waals surface area contributed by atoms with Crippen molar-refractivity contribution >= 4 is 0 Å². The van der Waals surface area contributed by atoms with Gasteiger partial charge in [-0.2, -0.15) is 0 Å². The molecular formula is C8H14N2. The van der Waals surface area contributed by atoms with Crippen LogP contribution >= 0.6 is 0 Å². The number of hydrogen-bond donors (Lipinski definition) is 2. The van der Waals surface area contributed by atoms with Crippen LogP contribution in [-0.2, 0) is 0 Å². The summed E-state index contributed by atoms with van der Waals surface area (Å²) < 4.78 is 0. The van der Waals surface area contributed by atoms with Crippen LogP contribution in [0, 0.1) is 5.41 Å². The first kappa shape index (κ1) is 5.56. The lowest BCUT2D eigenvalue weighted by Crippen LogP contribution is -2.68. The summed E-state index contributed by atoms with van der Waals surface area (Å²) in [5, 5.41) is 6.96. The highest BCUT2D eigenvalue weighted by Crippen LogP contribution is 2.44. The van der Waals surface area contributed by atoms with E-state index in [4.69, 9.17) is 0 Å². The minimum absolute atomic E-state index is 0.749. The van der Waals surface area contributed by atoms with E-state index >= 15 is 0 Å². The third kappa shape index (κ3) is 0.565. The van der Waals surface area contributed by atoms with Gasteiger partial charge in [0.25, 0.3) is 0 Å². The highest BCUT2D eigenvalue weighted by atomic mass is 15.1. The van der Waals surface area contributed by atoms with Crippen LogP contribution in [0.5, 0.6) is 0 Å². The zero-order chi connectivity index (χ0) is 6.60. The van der Waals surface area contributed by atoms with Crippen molar-refractivity contribution in [3.8, 4) is 0 Å². The average molecular weight is 138 g/mol. The summed E-state index contributed by atoms with van der Waals surface area (Å²) >= 11 is 0. The lowest BCUT2D eigenvalue weighted by molar-refractivity contribution is 0.00660. The van der Waals surface area contributed by atoms with E-state index in [-0.39, 0.29) is 0 Å². The van der Waals surface area contributed by atoms with Crippen molar-refractivity contribution in [3.63, 3.8) is 0 Å². The number of piperidine rings is 1. The molecule has 2 atom stereocenters. The lowest BCUT2D eigenvalue weighted by Gasteiger charge is -2.57. The zero-order valence-electron chi connectivity index (χ0n) is 6.19. The molecule has 10 heavy (non-hydrogen) atoms. The maximum absolute atomic E-state index is 3.57. The molecule has 4 fully saturated rings. The van der Waals surface area contributed by atoms with Gasteiger partial charge >= 0.3 is 0 Å². The smallest absolute Gasteiger partial charge is 0.00907 e. The molecule has 1 aliphatic carbocycles. The van der Waals surface area contributed by atoms with Crippen molar-refractivity contribution in [2.45, 2.75) is 31.3 Å². The Labute approximate surface area is 61.4 Å². The van der Waals surface area contributed by atoms with Crippen LogP contribution in [0.3, 0.4) is 0 Å². The second-order valence-electron chi connectivity index (χ2n) is 4.31. The first-order valence-corrected chi connectivity index (χ1v) is 4.33. The normalized spacial score (nSPS) is 48.0. The molecule has 2 nitrogen and oxygen atoms in total. The predicted octanol–water partition coefficient (Wildman–Crippen LogP) is 0.100. The maximum atomic E-state index is 3.57. The highest BCUT2D eigenvalue weighted by molar-refractivity contribution is 5.08. The van der Waals surface area contributed by atoms with Gasteiger partial charge in [-0.3, -0.25) is 0 Å². The first-order valence-electron chi connectivity index (χ1n) is 4.33. The minimum atomic E-state index is 0.749. The Hall–Kier alpha value is -0.0800. The second kappa shape index (κ2) is 1.56. The summed E-state index contributed by atoms with van der Waals surface area (Å²) in [6, 6.07) is 1.78. The van der Waals surface area contributed by atoms with E-state index in [1.54, 1.807) is 0 Å². The Bertz CT molecular complexity index is 145. The van der Waals surface area contributed by atoms with Crippen LogP contribution in [0.2, 0.25) is 0 Å². The highest BCUT2D eigenvalue weighted by Gasteiger charge is 2.49. The number of nitrogens with one attached hydrogen (secondary N) is 2. The third-order valence-electron chi connectivity index (χ3n) is 3.40. The molecule has 1 saturated carbocycles. The van der Waals surface area contributed by atoms with Crippen LogP contribution in [-0.4, -0.2) is 25.2 Å². The molecule has 4 aliphatic rings. The Kier molecular flexibility index (Phi) is 0.868. The molecule has 1 spiro atoms. The van der Waals surface area contributed by atoms with Crippen LogP contribution in [0.25, 0.3) is 0 Å². The van der Waals surface area contributed by atoms with Gasteiger partial charge in [-0.1, -0.05) is 0 Å².